The molecule has 1 heterocycles. The fourth-order valence-electron chi connectivity index (χ4n) is 2.62. The number of nitriles is 2. The highest BCUT2D eigenvalue weighted by molar-refractivity contribution is 5.39. The predicted octanol–water partition coefficient (Wildman–Crippen LogP) is 2.93. The van der Waals surface area contributed by atoms with Gasteiger partial charge in [-0.3, -0.25) is 9.89 Å². The molecule has 112 valence electrons. The SMILES string of the molecule is Cc1[nH][nH]c(=O)c1C(c1ccc(C(C)C)cc1)C(C#N)C#N. The first-order chi connectivity index (χ1) is 10.5. The van der Waals surface area contributed by atoms with Gasteiger partial charge in [-0.05, 0) is 24.0 Å². The third-order valence-electron chi connectivity index (χ3n) is 3.90. The minimum absolute atomic E-state index is 0.286. The number of nitrogens with zero attached hydrogens (tertiary/aromatic N) is 2. The minimum atomic E-state index is -0.916. The molecule has 1 atom stereocenters. The van der Waals surface area contributed by atoms with Gasteiger partial charge in [0.05, 0.1) is 12.1 Å². The highest BCUT2D eigenvalue weighted by Gasteiger charge is 2.29. The summed E-state index contributed by atoms with van der Waals surface area (Å²) in [6.45, 7) is 5.95. The average molecular weight is 294 g/mol. The van der Waals surface area contributed by atoms with E-state index in [2.05, 4.69) is 24.0 Å². The molecule has 0 aliphatic heterocycles. The van der Waals surface area contributed by atoms with Crippen molar-refractivity contribution in [3.05, 3.63) is 57.0 Å². The second kappa shape index (κ2) is 6.32. The summed E-state index contributed by atoms with van der Waals surface area (Å²) in [7, 11) is 0. The largest absolute Gasteiger partial charge is 0.302 e. The fraction of sp³-hybridized carbons (Fsp3) is 0.353. The Balaban J connectivity index is 2.58. The van der Waals surface area contributed by atoms with Gasteiger partial charge in [0.25, 0.3) is 5.56 Å². The van der Waals surface area contributed by atoms with Crippen molar-refractivity contribution >= 4 is 0 Å². The molecule has 0 amide bonds. The zero-order valence-electron chi connectivity index (χ0n) is 12.8. The lowest BCUT2D eigenvalue weighted by Crippen LogP contribution is -2.19. The molecule has 2 rings (SSSR count). The maximum absolute atomic E-state index is 12.1. The summed E-state index contributed by atoms with van der Waals surface area (Å²) in [5, 5.41) is 23.9. The van der Waals surface area contributed by atoms with Gasteiger partial charge >= 0.3 is 0 Å². The van der Waals surface area contributed by atoms with Crippen LogP contribution >= 0.6 is 0 Å². The number of hydrogen-bond donors (Lipinski definition) is 2. The van der Waals surface area contributed by atoms with Gasteiger partial charge < -0.3 is 5.10 Å². The third-order valence-corrected chi connectivity index (χ3v) is 3.90. The molecule has 2 N–H and O–H groups in total. The molecule has 0 radical (unpaired) electrons. The first kappa shape index (κ1) is 15.6. The van der Waals surface area contributed by atoms with Crippen molar-refractivity contribution in [3.63, 3.8) is 0 Å². The average Bonchev–Trinajstić information content (AvgIpc) is 2.84. The highest BCUT2D eigenvalue weighted by atomic mass is 16.1. The molecule has 0 spiro atoms. The van der Waals surface area contributed by atoms with Crippen molar-refractivity contribution in [1.29, 1.82) is 10.5 Å². The molecule has 1 unspecified atom stereocenters. The maximum atomic E-state index is 12.1. The Labute approximate surface area is 129 Å². The van der Waals surface area contributed by atoms with Crippen LogP contribution in [-0.2, 0) is 0 Å². The smallest absolute Gasteiger partial charge is 0.268 e. The summed E-state index contributed by atoms with van der Waals surface area (Å²) in [5.74, 6) is -1.08. The van der Waals surface area contributed by atoms with E-state index in [1.807, 2.05) is 36.4 Å². The quantitative estimate of drug-likeness (QED) is 0.907. The van der Waals surface area contributed by atoms with Gasteiger partial charge in [-0.2, -0.15) is 10.5 Å². The number of benzene rings is 1. The standard InChI is InChI=1S/C17H18N4O/c1-10(2)12-4-6-13(7-5-12)16(14(8-18)9-19)15-11(3)20-21-17(15)22/h4-7,10,14,16H,1-3H3,(H2,20,21,22). The van der Waals surface area contributed by atoms with E-state index in [0.717, 1.165) is 5.56 Å². The third kappa shape index (κ3) is 2.80. The summed E-state index contributed by atoms with van der Waals surface area (Å²) in [6, 6.07) is 11.8. The van der Waals surface area contributed by atoms with Gasteiger partial charge in [-0.25, -0.2) is 0 Å². The Morgan fingerprint density at radius 1 is 1.00 bits per heavy atom. The molecule has 22 heavy (non-hydrogen) atoms. The van der Waals surface area contributed by atoms with Gasteiger partial charge in [-0.15, -0.1) is 0 Å². The van der Waals surface area contributed by atoms with Crippen molar-refractivity contribution in [2.45, 2.75) is 32.6 Å². The molecular formula is C17H18N4O. The molecule has 0 saturated heterocycles. The Morgan fingerprint density at radius 2 is 1.55 bits per heavy atom. The molecule has 1 aromatic heterocycles. The van der Waals surface area contributed by atoms with Crippen LogP contribution in [0.4, 0.5) is 0 Å². The number of aromatic amines is 2. The highest BCUT2D eigenvalue weighted by Crippen LogP contribution is 2.32. The Hall–Kier alpha value is -2.79. The summed E-state index contributed by atoms with van der Waals surface area (Å²) < 4.78 is 0. The molecule has 0 bridgehead atoms. The lowest BCUT2D eigenvalue weighted by atomic mass is 9.81. The number of rotatable bonds is 4. The van der Waals surface area contributed by atoms with Gasteiger partial charge in [0.2, 0.25) is 0 Å². The normalized spacial score (nSPS) is 12.1. The van der Waals surface area contributed by atoms with Gasteiger partial charge in [-0.1, -0.05) is 38.1 Å². The number of aryl methyl sites for hydroxylation is 1. The Kier molecular flexibility index (Phi) is 4.48. The van der Waals surface area contributed by atoms with E-state index in [9.17, 15) is 15.3 Å². The minimum Gasteiger partial charge on any atom is -0.302 e. The number of nitrogens with one attached hydrogen (secondary N) is 2. The van der Waals surface area contributed by atoms with Crippen LogP contribution in [-0.4, -0.2) is 10.2 Å². The summed E-state index contributed by atoms with van der Waals surface area (Å²) >= 11 is 0. The van der Waals surface area contributed by atoms with Gasteiger partial charge in [0.15, 0.2) is 0 Å². The molecular weight excluding hydrogens is 276 g/mol. The summed E-state index contributed by atoms with van der Waals surface area (Å²) in [5.41, 5.74) is 2.79. The lowest BCUT2D eigenvalue weighted by molar-refractivity contribution is 0.699. The predicted molar refractivity (Wildman–Crippen MR) is 83.2 cm³/mol. The van der Waals surface area contributed by atoms with E-state index >= 15 is 0 Å². The van der Waals surface area contributed by atoms with Crippen LogP contribution < -0.4 is 5.56 Å². The Morgan fingerprint density at radius 3 is 1.95 bits per heavy atom. The van der Waals surface area contributed by atoms with E-state index in [-0.39, 0.29) is 5.56 Å². The number of aromatic nitrogens is 2. The second-order valence-electron chi connectivity index (χ2n) is 5.65. The first-order valence-electron chi connectivity index (χ1n) is 7.15. The van der Waals surface area contributed by atoms with Crippen LogP contribution in [0.5, 0.6) is 0 Å². The van der Waals surface area contributed by atoms with Crippen molar-refractivity contribution in [3.8, 4) is 12.1 Å². The van der Waals surface area contributed by atoms with E-state index in [1.165, 1.54) is 5.56 Å². The molecule has 5 nitrogen and oxygen atoms in total. The fourth-order valence-corrected chi connectivity index (χ4v) is 2.62. The summed E-state index contributed by atoms with van der Waals surface area (Å²) in [6.07, 6.45) is 0. The topological polar surface area (TPSA) is 96.2 Å². The molecule has 5 heteroatoms. The van der Waals surface area contributed by atoms with E-state index in [4.69, 9.17) is 0 Å². The van der Waals surface area contributed by atoms with Crippen LogP contribution in [0.15, 0.2) is 29.1 Å². The lowest BCUT2D eigenvalue weighted by Gasteiger charge is -2.18. The number of hydrogen-bond acceptors (Lipinski definition) is 3. The molecule has 1 aromatic carbocycles. The van der Waals surface area contributed by atoms with Crippen LogP contribution in [0.2, 0.25) is 0 Å². The van der Waals surface area contributed by atoms with Crippen molar-refractivity contribution in [1.82, 2.24) is 10.2 Å². The van der Waals surface area contributed by atoms with E-state index in [0.29, 0.717) is 17.2 Å². The monoisotopic (exact) mass is 294 g/mol. The Bertz CT molecular complexity index is 770. The van der Waals surface area contributed by atoms with Gasteiger partial charge in [0.1, 0.15) is 5.92 Å². The van der Waals surface area contributed by atoms with Crippen LogP contribution in [0.1, 0.15) is 48.1 Å². The molecule has 0 aliphatic rings. The van der Waals surface area contributed by atoms with Crippen molar-refractivity contribution in [2.24, 2.45) is 5.92 Å². The maximum Gasteiger partial charge on any atom is 0.268 e. The summed E-state index contributed by atoms with van der Waals surface area (Å²) in [4.78, 5) is 12.1. The molecule has 0 saturated carbocycles. The zero-order chi connectivity index (χ0) is 16.3. The first-order valence-corrected chi connectivity index (χ1v) is 7.15. The van der Waals surface area contributed by atoms with Gasteiger partial charge in [0, 0.05) is 17.2 Å². The van der Waals surface area contributed by atoms with Crippen molar-refractivity contribution in [2.75, 3.05) is 0 Å². The van der Waals surface area contributed by atoms with E-state index < -0.39 is 11.8 Å². The van der Waals surface area contributed by atoms with Crippen LogP contribution in [0.25, 0.3) is 0 Å². The molecule has 0 fully saturated rings. The zero-order valence-corrected chi connectivity index (χ0v) is 12.8. The second-order valence-corrected chi connectivity index (χ2v) is 5.65. The van der Waals surface area contributed by atoms with Crippen molar-refractivity contribution < 1.29 is 0 Å². The molecule has 2 aromatic rings. The molecule has 0 aliphatic carbocycles. The van der Waals surface area contributed by atoms with Crippen LogP contribution in [0, 0.1) is 35.5 Å². The van der Waals surface area contributed by atoms with E-state index in [1.54, 1.807) is 6.92 Å². The van der Waals surface area contributed by atoms with Crippen LogP contribution in [0.3, 0.4) is 0 Å². The number of H-pyrrole nitrogens is 2.